The topological polar surface area (TPSA) is 131 Å². The first-order valence-electron chi connectivity index (χ1n) is 14.7. The zero-order valence-corrected chi connectivity index (χ0v) is 25.6. The molecule has 2 aromatic carbocycles. The van der Waals surface area contributed by atoms with E-state index < -0.39 is 35.0 Å². The van der Waals surface area contributed by atoms with Crippen LogP contribution in [0.2, 0.25) is 0 Å². The number of amides is 4. The molecule has 48 heavy (non-hydrogen) atoms. The van der Waals surface area contributed by atoms with Gasteiger partial charge in [0, 0.05) is 37.4 Å². The van der Waals surface area contributed by atoms with Gasteiger partial charge in [-0.3, -0.25) is 23.9 Å². The molecule has 0 radical (unpaired) electrons. The zero-order chi connectivity index (χ0) is 34.2. The second-order valence-electron chi connectivity index (χ2n) is 11.6. The van der Waals surface area contributed by atoms with E-state index >= 15 is 0 Å². The number of hydroxylamine groups is 2. The Morgan fingerprint density at radius 2 is 1.79 bits per heavy atom. The number of rotatable bonds is 9. The van der Waals surface area contributed by atoms with Gasteiger partial charge in [-0.25, -0.2) is 4.84 Å². The number of anilines is 2. The van der Waals surface area contributed by atoms with E-state index in [0.29, 0.717) is 30.1 Å². The number of hydrogen-bond acceptors (Lipinski definition) is 7. The molecule has 2 aliphatic heterocycles. The lowest BCUT2D eigenvalue weighted by Gasteiger charge is -2.38. The van der Waals surface area contributed by atoms with E-state index in [4.69, 9.17) is 4.84 Å². The van der Waals surface area contributed by atoms with Gasteiger partial charge in [0.05, 0.1) is 45.7 Å². The third-order valence-electron chi connectivity index (χ3n) is 8.03. The molecule has 6 rings (SSSR count). The van der Waals surface area contributed by atoms with Gasteiger partial charge in [-0.1, -0.05) is 11.8 Å². The summed E-state index contributed by atoms with van der Waals surface area (Å²) in [5.74, 6) is 4.56. The summed E-state index contributed by atoms with van der Waals surface area (Å²) in [6, 6.07) is 11.4. The van der Waals surface area contributed by atoms with E-state index in [9.17, 15) is 32.3 Å². The van der Waals surface area contributed by atoms with Crippen LogP contribution < -0.4 is 15.5 Å². The maximum Gasteiger partial charge on any atom is 0.416 e. The van der Waals surface area contributed by atoms with Crippen molar-refractivity contribution in [1.29, 1.82) is 0 Å². The summed E-state index contributed by atoms with van der Waals surface area (Å²) in [6.07, 6.45) is 2.18. The third kappa shape index (κ3) is 6.13. The standard InChI is InChI=1S/C33H28F3N7O5/c1-32(2,31(47)39-27-10-7-23(33(34,35)36)13-28(27)40-11-3-4-12-40)42-18-21(15-38-42)5-6-22-16-41(17-22)24-8-9-25-26(14-24)30(46)43(29(25)45)48-20-37-19-44/h3-4,7-15,18-19,22H,16-17,20H2,1-2H3,(H,37,44)(H,39,47). The number of benzene rings is 2. The largest absolute Gasteiger partial charge is 0.416 e. The van der Waals surface area contributed by atoms with Crippen molar-refractivity contribution >= 4 is 35.5 Å². The molecule has 12 nitrogen and oxygen atoms in total. The van der Waals surface area contributed by atoms with Crippen molar-refractivity contribution in [1.82, 2.24) is 24.7 Å². The van der Waals surface area contributed by atoms with Crippen LogP contribution in [-0.2, 0) is 26.1 Å². The Morgan fingerprint density at radius 3 is 2.50 bits per heavy atom. The molecule has 0 unspecified atom stereocenters. The predicted molar refractivity (Wildman–Crippen MR) is 166 cm³/mol. The quantitative estimate of drug-likeness (QED) is 0.0920. The molecule has 2 N–H and O–H groups in total. The van der Waals surface area contributed by atoms with E-state index in [1.165, 1.54) is 21.5 Å². The average Bonchev–Trinajstić information content (AvgIpc) is 3.79. The van der Waals surface area contributed by atoms with Gasteiger partial charge in [0.1, 0.15) is 12.3 Å². The summed E-state index contributed by atoms with van der Waals surface area (Å²) in [7, 11) is 0. The molecule has 4 amide bonds. The predicted octanol–water partition coefficient (Wildman–Crippen LogP) is 3.79. The van der Waals surface area contributed by atoms with Gasteiger partial charge < -0.3 is 20.1 Å². The summed E-state index contributed by atoms with van der Waals surface area (Å²) >= 11 is 0. The van der Waals surface area contributed by atoms with Gasteiger partial charge in [0.25, 0.3) is 17.7 Å². The minimum absolute atomic E-state index is 0.0104. The van der Waals surface area contributed by atoms with Crippen LogP contribution in [0.1, 0.15) is 45.7 Å². The second-order valence-corrected chi connectivity index (χ2v) is 11.6. The van der Waals surface area contributed by atoms with E-state index in [1.807, 2.05) is 4.90 Å². The Hall–Kier alpha value is -5.88. The summed E-state index contributed by atoms with van der Waals surface area (Å²) in [4.78, 5) is 56.1. The lowest BCUT2D eigenvalue weighted by molar-refractivity contribution is -0.137. The number of nitrogens with one attached hydrogen (secondary N) is 2. The number of halogens is 3. The van der Waals surface area contributed by atoms with Gasteiger partial charge in [-0.05, 0) is 62.4 Å². The molecule has 4 aromatic rings. The third-order valence-corrected chi connectivity index (χ3v) is 8.03. The molecule has 2 aliphatic rings. The molecular formula is C33H28F3N7O5. The summed E-state index contributed by atoms with van der Waals surface area (Å²) < 4.78 is 43.2. The van der Waals surface area contributed by atoms with Gasteiger partial charge in [0.2, 0.25) is 6.41 Å². The first-order chi connectivity index (χ1) is 22.9. The van der Waals surface area contributed by atoms with Crippen molar-refractivity contribution in [2.24, 2.45) is 5.92 Å². The Bertz CT molecular complexity index is 1970. The van der Waals surface area contributed by atoms with Crippen LogP contribution in [-0.4, -0.2) is 63.4 Å². The highest BCUT2D eigenvalue weighted by Gasteiger charge is 2.38. The fourth-order valence-corrected chi connectivity index (χ4v) is 5.22. The first kappa shape index (κ1) is 32.1. The fraction of sp³-hybridized carbons (Fsp3) is 0.242. The van der Waals surface area contributed by atoms with Crippen LogP contribution in [0.15, 0.2) is 73.3 Å². The van der Waals surface area contributed by atoms with E-state index in [2.05, 4.69) is 27.6 Å². The van der Waals surface area contributed by atoms with Crippen LogP contribution in [0.25, 0.3) is 5.69 Å². The van der Waals surface area contributed by atoms with Crippen molar-refractivity contribution in [2.45, 2.75) is 25.6 Å². The van der Waals surface area contributed by atoms with Crippen LogP contribution in [0.5, 0.6) is 0 Å². The summed E-state index contributed by atoms with van der Waals surface area (Å²) in [5.41, 5.74) is 0.0442. The van der Waals surface area contributed by atoms with Crippen molar-refractivity contribution < 1.29 is 37.2 Å². The molecule has 1 saturated heterocycles. The normalized spacial score (nSPS) is 14.7. The SMILES string of the molecule is CC(C)(C(=O)Nc1ccc(C(F)(F)F)cc1-n1cccc1)n1cc(C#CC2CN(c3ccc4c(c3)C(=O)N(OCNC=O)C4=O)C2)cn1. The minimum atomic E-state index is -4.55. The lowest BCUT2D eigenvalue weighted by atomic mass is 9.98. The number of imide groups is 1. The molecule has 0 atom stereocenters. The molecule has 0 aliphatic carbocycles. The molecule has 0 bridgehead atoms. The van der Waals surface area contributed by atoms with Crippen molar-refractivity contribution in [3.8, 4) is 17.5 Å². The number of carbonyl (C=O) groups excluding carboxylic acids is 4. The van der Waals surface area contributed by atoms with Gasteiger partial charge in [0.15, 0.2) is 0 Å². The Labute approximate surface area is 272 Å². The smallest absolute Gasteiger partial charge is 0.369 e. The van der Waals surface area contributed by atoms with Crippen molar-refractivity contribution in [3.63, 3.8) is 0 Å². The van der Waals surface area contributed by atoms with E-state index in [0.717, 1.165) is 17.8 Å². The highest BCUT2D eigenvalue weighted by Crippen LogP contribution is 2.34. The molecular weight excluding hydrogens is 631 g/mol. The Morgan fingerprint density at radius 1 is 1.06 bits per heavy atom. The van der Waals surface area contributed by atoms with Crippen molar-refractivity contribution in [3.05, 3.63) is 95.6 Å². The van der Waals surface area contributed by atoms with Gasteiger partial charge in [-0.2, -0.15) is 18.3 Å². The first-order valence-corrected chi connectivity index (χ1v) is 14.7. The van der Waals surface area contributed by atoms with E-state index in [-0.39, 0.29) is 35.2 Å². The van der Waals surface area contributed by atoms with Crippen LogP contribution in [0, 0.1) is 17.8 Å². The monoisotopic (exact) mass is 659 g/mol. The molecule has 2 aromatic heterocycles. The maximum absolute atomic E-state index is 13.4. The Kier molecular flexibility index (Phi) is 8.27. The minimum Gasteiger partial charge on any atom is -0.369 e. The van der Waals surface area contributed by atoms with Crippen LogP contribution >= 0.6 is 0 Å². The number of fused-ring (bicyclic) bond motifs is 1. The maximum atomic E-state index is 13.4. The number of hydrogen-bond donors (Lipinski definition) is 2. The Balaban J connectivity index is 1.09. The highest BCUT2D eigenvalue weighted by atomic mass is 19.4. The number of nitrogens with zero attached hydrogens (tertiary/aromatic N) is 5. The molecule has 0 saturated carbocycles. The summed E-state index contributed by atoms with van der Waals surface area (Å²) in [5, 5.41) is 9.93. The molecule has 1 fully saturated rings. The van der Waals surface area contributed by atoms with Gasteiger partial charge in [-0.15, -0.1) is 5.06 Å². The molecule has 4 heterocycles. The highest BCUT2D eigenvalue weighted by molar-refractivity contribution is 6.21. The van der Waals surface area contributed by atoms with Crippen molar-refractivity contribution in [2.75, 3.05) is 30.0 Å². The molecule has 246 valence electrons. The lowest BCUT2D eigenvalue weighted by Crippen LogP contribution is -2.46. The van der Waals surface area contributed by atoms with E-state index in [1.54, 1.807) is 62.8 Å². The second kappa shape index (κ2) is 12.4. The van der Waals surface area contributed by atoms with Crippen LogP contribution in [0.3, 0.4) is 0 Å². The summed E-state index contributed by atoms with van der Waals surface area (Å²) in [6.45, 7) is 4.11. The van der Waals surface area contributed by atoms with Crippen LogP contribution in [0.4, 0.5) is 24.5 Å². The zero-order valence-electron chi connectivity index (χ0n) is 25.6. The fourth-order valence-electron chi connectivity index (χ4n) is 5.22. The number of aromatic nitrogens is 3. The average molecular weight is 660 g/mol. The molecule has 15 heteroatoms. The molecule has 0 spiro atoms. The number of alkyl halides is 3. The van der Waals surface area contributed by atoms with Gasteiger partial charge >= 0.3 is 6.18 Å². The number of carbonyl (C=O) groups is 4.